The summed E-state index contributed by atoms with van der Waals surface area (Å²) in [6.07, 6.45) is 1.45. The summed E-state index contributed by atoms with van der Waals surface area (Å²) in [7, 11) is 1.57. The summed E-state index contributed by atoms with van der Waals surface area (Å²) in [6.45, 7) is 0.144. The molecule has 1 N–H and O–H groups in total. The molecular weight excluding hydrogens is 446 g/mol. The summed E-state index contributed by atoms with van der Waals surface area (Å²) < 4.78 is 16.4. The molecule has 3 heterocycles. The minimum atomic E-state index is -0.918. The van der Waals surface area contributed by atoms with Crippen LogP contribution in [-0.4, -0.2) is 28.8 Å². The highest BCUT2D eigenvalue weighted by atomic mass is 35.5. The summed E-state index contributed by atoms with van der Waals surface area (Å²) in [5.41, 5.74) is 1.16. The van der Waals surface area contributed by atoms with Gasteiger partial charge in [-0.25, -0.2) is 0 Å². The van der Waals surface area contributed by atoms with Crippen LogP contribution in [0, 0.1) is 0 Å². The number of hydrogen-bond donors (Lipinski definition) is 1. The van der Waals surface area contributed by atoms with E-state index in [0.29, 0.717) is 27.5 Å². The molecule has 8 heteroatoms. The molecule has 2 aromatic carbocycles. The molecule has 1 unspecified atom stereocenters. The maximum Gasteiger partial charge on any atom is 0.290 e. The molecule has 1 aliphatic rings. The van der Waals surface area contributed by atoms with Crippen LogP contribution in [0.15, 0.2) is 87.1 Å². The van der Waals surface area contributed by atoms with Gasteiger partial charge in [0.2, 0.25) is 5.78 Å². The van der Waals surface area contributed by atoms with Crippen LogP contribution in [0.1, 0.15) is 27.9 Å². The van der Waals surface area contributed by atoms with E-state index in [-0.39, 0.29) is 17.9 Å². The molecule has 0 radical (unpaired) electrons. The summed E-state index contributed by atoms with van der Waals surface area (Å²) in [4.78, 5) is 27.9. The van der Waals surface area contributed by atoms with Crippen molar-refractivity contribution < 1.29 is 28.3 Å². The highest BCUT2D eigenvalue weighted by molar-refractivity contribution is 6.31. The van der Waals surface area contributed by atoms with E-state index in [1.54, 1.807) is 55.6 Å². The van der Waals surface area contributed by atoms with Gasteiger partial charge in [-0.05, 0) is 54.1 Å². The molecule has 33 heavy (non-hydrogen) atoms. The fourth-order valence-corrected chi connectivity index (χ4v) is 4.16. The topological polar surface area (TPSA) is 93.1 Å². The lowest BCUT2D eigenvalue weighted by molar-refractivity contribution is -0.130. The number of ketones is 1. The normalized spacial score (nSPS) is 16.1. The highest BCUT2D eigenvalue weighted by Gasteiger charge is 2.45. The predicted octanol–water partition coefficient (Wildman–Crippen LogP) is 5.47. The third kappa shape index (κ3) is 3.66. The summed E-state index contributed by atoms with van der Waals surface area (Å²) in [5, 5.41) is 11.9. The van der Waals surface area contributed by atoms with E-state index in [1.807, 2.05) is 12.1 Å². The molecule has 4 aromatic rings. The molecule has 7 nitrogen and oxygen atoms in total. The van der Waals surface area contributed by atoms with Crippen molar-refractivity contribution >= 4 is 34.3 Å². The number of aliphatic hydroxyl groups is 1. The first kappa shape index (κ1) is 20.9. The molecule has 0 saturated heterocycles. The molecule has 166 valence electrons. The molecule has 2 aromatic heterocycles. The van der Waals surface area contributed by atoms with Gasteiger partial charge in [-0.15, -0.1) is 0 Å². The van der Waals surface area contributed by atoms with Gasteiger partial charge in [0.05, 0.1) is 18.9 Å². The molecule has 1 aliphatic heterocycles. The number of aliphatic hydroxyl groups excluding tert-OH is 1. The molecule has 1 atom stereocenters. The Morgan fingerprint density at radius 3 is 2.64 bits per heavy atom. The van der Waals surface area contributed by atoms with Crippen LogP contribution in [0.25, 0.3) is 11.0 Å². The first-order chi connectivity index (χ1) is 16.0. The van der Waals surface area contributed by atoms with E-state index in [2.05, 4.69) is 0 Å². The number of rotatable bonds is 6. The molecule has 0 spiro atoms. The summed E-state index contributed by atoms with van der Waals surface area (Å²) in [5.74, 6) is -0.890. The van der Waals surface area contributed by atoms with Gasteiger partial charge < -0.3 is 23.6 Å². The number of benzene rings is 2. The largest absolute Gasteiger partial charge is 0.503 e. The minimum Gasteiger partial charge on any atom is -0.503 e. The van der Waals surface area contributed by atoms with Crippen molar-refractivity contribution in [1.29, 1.82) is 0 Å². The van der Waals surface area contributed by atoms with Crippen LogP contribution in [0.5, 0.6) is 5.75 Å². The van der Waals surface area contributed by atoms with Crippen molar-refractivity contribution in [3.8, 4) is 5.75 Å². The van der Waals surface area contributed by atoms with Gasteiger partial charge in [0.1, 0.15) is 23.1 Å². The van der Waals surface area contributed by atoms with Crippen molar-refractivity contribution in [1.82, 2.24) is 4.90 Å². The number of methoxy groups -OCH3 is 1. The van der Waals surface area contributed by atoms with Gasteiger partial charge in [0, 0.05) is 17.0 Å². The van der Waals surface area contributed by atoms with Gasteiger partial charge in [0.15, 0.2) is 11.5 Å². The number of amides is 1. The number of ether oxygens (including phenoxy) is 1. The molecule has 5 rings (SSSR count). The monoisotopic (exact) mass is 463 g/mol. The standard InChI is InChI=1S/C25H18ClNO6/c1-31-17-7-4-14(5-8-17)13-27-22(19-3-2-10-32-19)21(24(29)25(27)30)23(28)20-12-15-11-16(26)6-9-18(15)33-20/h2-12,22,29H,13H2,1H3. The first-order valence-electron chi connectivity index (χ1n) is 10.1. The second-order valence-corrected chi connectivity index (χ2v) is 8.02. The number of halogens is 1. The molecule has 0 bridgehead atoms. The maximum absolute atomic E-state index is 13.5. The van der Waals surface area contributed by atoms with Gasteiger partial charge >= 0.3 is 0 Å². The average Bonchev–Trinajstić information content (AvgIpc) is 3.54. The molecular formula is C25H18ClNO6. The van der Waals surface area contributed by atoms with Gasteiger partial charge in [-0.3, -0.25) is 9.59 Å². The number of fused-ring (bicyclic) bond motifs is 1. The number of Topliss-reactive ketones (excluding diaryl/α,β-unsaturated/α-hetero) is 1. The number of carbonyl (C=O) groups excluding carboxylic acids is 2. The van der Waals surface area contributed by atoms with E-state index in [1.165, 1.54) is 11.2 Å². The Kier molecular flexibility index (Phi) is 5.18. The quantitative estimate of drug-likeness (QED) is 0.381. The van der Waals surface area contributed by atoms with Crippen LogP contribution in [0.3, 0.4) is 0 Å². The Balaban J connectivity index is 1.54. The molecule has 0 fully saturated rings. The van der Waals surface area contributed by atoms with Crippen molar-refractivity contribution in [2.24, 2.45) is 0 Å². The third-order valence-electron chi connectivity index (χ3n) is 5.58. The van der Waals surface area contributed by atoms with Crippen molar-refractivity contribution in [2.75, 3.05) is 7.11 Å². The van der Waals surface area contributed by atoms with Crippen molar-refractivity contribution in [3.05, 3.63) is 100 Å². The Hall–Kier alpha value is -3.97. The number of furan rings is 2. The predicted molar refractivity (Wildman–Crippen MR) is 120 cm³/mol. The SMILES string of the molecule is COc1ccc(CN2C(=O)C(O)=C(C(=O)c3cc4cc(Cl)ccc4o3)C2c2ccco2)cc1. The van der Waals surface area contributed by atoms with Gasteiger partial charge in [-0.2, -0.15) is 0 Å². The molecule has 0 aliphatic carbocycles. The lowest BCUT2D eigenvalue weighted by Gasteiger charge is -2.24. The van der Waals surface area contributed by atoms with Crippen molar-refractivity contribution in [2.45, 2.75) is 12.6 Å². The van der Waals surface area contributed by atoms with E-state index < -0.39 is 23.5 Å². The third-order valence-corrected chi connectivity index (χ3v) is 5.81. The zero-order valence-corrected chi connectivity index (χ0v) is 18.2. The maximum atomic E-state index is 13.5. The second-order valence-electron chi connectivity index (χ2n) is 7.58. The van der Waals surface area contributed by atoms with Crippen molar-refractivity contribution in [3.63, 3.8) is 0 Å². The fourth-order valence-electron chi connectivity index (χ4n) is 3.98. The first-order valence-corrected chi connectivity index (χ1v) is 10.5. The lowest BCUT2D eigenvalue weighted by atomic mass is 9.99. The van der Waals surface area contributed by atoms with E-state index in [4.69, 9.17) is 25.2 Å². The summed E-state index contributed by atoms with van der Waals surface area (Å²) >= 11 is 6.04. The second kappa shape index (κ2) is 8.18. The Labute approximate surface area is 193 Å². The van der Waals surface area contributed by atoms with Gasteiger partial charge in [0.25, 0.3) is 5.91 Å². The van der Waals surface area contributed by atoms with Gasteiger partial charge in [-0.1, -0.05) is 23.7 Å². The smallest absolute Gasteiger partial charge is 0.290 e. The number of nitrogens with zero attached hydrogens (tertiary/aromatic N) is 1. The highest BCUT2D eigenvalue weighted by Crippen LogP contribution is 2.40. The number of carbonyl (C=O) groups is 2. The zero-order valence-electron chi connectivity index (χ0n) is 17.4. The Morgan fingerprint density at radius 2 is 1.94 bits per heavy atom. The molecule has 0 saturated carbocycles. The van der Waals surface area contributed by atoms with Crippen LogP contribution in [0.2, 0.25) is 5.02 Å². The zero-order chi connectivity index (χ0) is 23.1. The Morgan fingerprint density at radius 1 is 1.15 bits per heavy atom. The summed E-state index contributed by atoms with van der Waals surface area (Å²) in [6, 6.07) is 16.1. The van der Waals surface area contributed by atoms with E-state index >= 15 is 0 Å². The van der Waals surface area contributed by atoms with Crippen LogP contribution in [-0.2, 0) is 11.3 Å². The van der Waals surface area contributed by atoms with E-state index in [0.717, 1.165) is 5.56 Å². The molecule has 1 amide bonds. The fraction of sp³-hybridized carbons (Fsp3) is 0.120. The van der Waals surface area contributed by atoms with E-state index in [9.17, 15) is 14.7 Å². The van der Waals surface area contributed by atoms with Crippen LogP contribution >= 0.6 is 11.6 Å². The average molecular weight is 464 g/mol. The van der Waals surface area contributed by atoms with Crippen LogP contribution in [0.4, 0.5) is 0 Å². The number of hydrogen-bond acceptors (Lipinski definition) is 6. The lowest BCUT2D eigenvalue weighted by Crippen LogP contribution is -2.30. The van der Waals surface area contributed by atoms with Crippen LogP contribution < -0.4 is 4.74 Å². The Bertz CT molecular complexity index is 1380. The minimum absolute atomic E-state index is 0.00975.